The molecule has 4 heteroatoms. The average Bonchev–Trinajstić information content (AvgIpc) is 3.25. The van der Waals surface area contributed by atoms with E-state index in [1.54, 1.807) is 11.3 Å². The van der Waals surface area contributed by atoms with Crippen molar-refractivity contribution in [2.75, 3.05) is 13.1 Å². The molecule has 1 fully saturated rings. The van der Waals surface area contributed by atoms with Gasteiger partial charge in [0.05, 0.1) is 11.2 Å². The Morgan fingerprint density at radius 1 is 1.41 bits per heavy atom. The van der Waals surface area contributed by atoms with E-state index in [2.05, 4.69) is 46.5 Å². The predicted octanol–water partition coefficient (Wildman–Crippen LogP) is 4.58. The van der Waals surface area contributed by atoms with Crippen LogP contribution in [0.4, 0.5) is 0 Å². The predicted molar refractivity (Wildman–Crippen MR) is 91.3 cm³/mol. The van der Waals surface area contributed by atoms with Crippen LogP contribution < -0.4 is 0 Å². The number of hydrogen-bond donors (Lipinski definition) is 0. The lowest BCUT2D eigenvalue weighted by molar-refractivity contribution is 0.266. The van der Waals surface area contributed by atoms with Gasteiger partial charge in [0.25, 0.3) is 0 Å². The smallest absolute Gasteiger partial charge is 0.143 e. The number of benzene rings is 1. The van der Waals surface area contributed by atoms with Gasteiger partial charge in [-0.3, -0.25) is 0 Å². The van der Waals surface area contributed by atoms with Crippen LogP contribution in [0.3, 0.4) is 0 Å². The van der Waals surface area contributed by atoms with Crippen LogP contribution in [-0.4, -0.2) is 29.0 Å². The maximum Gasteiger partial charge on any atom is 0.143 e. The van der Waals surface area contributed by atoms with Crippen LogP contribution in [0.25, 0.3) is 22.2 Å². The number of furan rings is 1. The minimum Gasteiger partial charge on any atom is -0.460 e. The number of hydrogen-bond acceptors (Lipinski definition) is 4. The first-order valence-electron chi connectivity index (χ1n) is 7.95. The fourth-order valence-corrected chi connectivity index (χ4v) is 3.92. The number of aromatic nitrogens is 1. The topological polar surface area (TPSA) is 29.3 Å². The second kappa shape index (κ2) is 5.86. The molecule has 1 aliphatic heterocycles. The molecule has 0 spiro atoms. The molecule has 1 aromatic carbocycles. The molecule has 2 aromatic heterocycles. The Balaban J connectivity index is 1.59. The number of rotatable bonds is 4. The molecule has 0 saturated carbocycles. The number of fused-ring (bicyclic) bond motifs is 1. The van der Waals surface area contributed by atoms with Crippen LogP contribution in [0, 0.1) is 0 Å². The van der Waals surface area contributed by atoms with Crippen LogP contribution in [0.2, 0.25) is 0 Å². The number of thiazole rings is 1. The minimum atomic E-state index is 0.718. The van der Waals surface area contributed by atoms with Gasteiger partial charge in [0.1, 0.15) is 11.3 Å². The van der Waals surface area contributed by atoms with Crippen molar-refractivity contribution < 1.29 is 4.42 Å². The standard InChI is InChI=1S/C18H20N2OS/c1-13-4-3-8-20(13)9-7-15-10-14-5-2-6-16(18(14)21-15)17-11-22-12-19-17/h2,5-6,10-13H,3-4,7-9H2,1H3/t13-/m1/s1. The molecule has 0 bridgehead atoms. The van der Waals surface area contributed by atoms with Gasteiger partial charge < -0.3 is 9.32 Å². The van der Waals surface area contributed by atoms with Crippen molar-refractivity contribution in [2.45, 2.75) is 32.2 Å². The molecule has 22 heavy (non-hydrogen) atoms. The van der Waals surface area contributed by atoms with Crippen LogP contribution in [0.1, 0.15) is 25.5 Å². The van der Waals surface area contributed by atoms with Gasteiger partial charge in [-0.25, -0.2) is 4.98 Å². The number of likely N-dealkylation sites (tertiary alicyclic amines) is 1. The Kier molecular flexibility index (Phi) is 3.72. The van der Waals surface area contributed by atoms with Crippen LogP contribution >= 0.6 is 11.3 Å². The summed E-state index contributed by atoms with van der Waals surface area (Å²) in [7, 11) is 0. The van der Waals surface area contributed by atoms with E-state index in [1.807, 2.05) is 5.51 Å². The average molecular weight is 312 g/mol. The Labute approximate surface area is 134 Å². The van der Waals surface area contributed by atoms with Crippen molar-refractivity contribution in [3.05, 3.63) is 40.9 Å². The lowest BCUT2D eigenvalue weighted by Crippen LogP contribution is -2.28. The van der Waals surface area contributed by atoms with Crippen LogP contribution in [0.15, 0.2) is 39.6 Å². The Morgan fingerprint density at radius 2 is 2.36 bits per heavy atom. The molecule has 4 rings (SSSR count). The van der Waals surface area contributed by atoms with E-state index >= 15 is 0 Å². The van der Waals surface area contributed by atoms with Crippen molar-refractivity contribution >= 4 is 22.3 Å². The van der Waals surface area contributed by atoms with Gasteiger partial charge in [-0.15, -0.1) is 11.3 Å². The highest BCUT2D eigenvalue weighted by atomic mass is 32.1. The van der Waals surface area contributed by atoms with E-state index in [0.717, 1.165) is 41.6 Å². The zero-order chi connectivity index (χ0) is 14.9. The zero-order valence-electron chi connectivity index (χ0n) is 12.8. The van der Waals surface area contributed by atoms with Crippen molar-refractivity contribution in [1.29, 1.82) is 0 Å². The maximum absolute atomic E-state index is 6.16. The second-order valence-corrected chi connectivity index (χ2v) is 6.81. The molecule has 3 nitrogen and oxygen atoms in total. The van der Waals surface area contributed by atoms with E-state index in [-0.39, 0.29) is 0 Å². The van der Waals surface area contributed by atoms with Crippen molar-refractivity contribution in [1.82, 2.24) is 9.88 Å². The van der Waals surface area contributed by atoms with Gasteiger partial charge in [-0.05, 0) is 38.4 Å². The Morgan fingerprint density at radius 3 is 3.14 bits per heavy atom. The molecule has 1 aliphatic rings. The SMILES string of the molecule is C[C@@H]1CCCN1CCc1cc2cccc(-c3cscn3)c2o1. The summed E-state index contributed by atoms with van der Waals surface area (Å²) < 4.78 is 6.16. The van der Waals surface area contributed by atoms with E-state index in [0.29, 0.717) is 0 Å². The molecule has 114 valence electrons. The lowest BCUT2D eigenvalue weighted by atomic mass is 10.1. The van der Waals surface area contributed by atoms with Gasteiger partial charge in [-0.1, -0.05) is 12.1 Å². The summed E-state index contributed by atoms with van der Waals surface area (Å²) in [5, 5.41) is 3.25. The van der Waals surface area contributed by atoms with Gasteiger partial charge in [0.15, 0.2) is 0 Å². The molecular formula is C18H20N2OS. The molecule has 3 heterocycles. The molecule has 0 unspecified atom stereocenters. The molecule has 0 N–H and O–H groups in total. The molecule has 0 amide bonds. The van der Waals surface area contributed by atoms with Gasteiger partial charge in [-0.2, -0.15) is 0 Å². The minimum absolute atomic E-state index is 0.718. The second-order valence-electron chi connectivity index (χ2n) is 6.09. The van der Waals surface area contributed by atoms with Gasteiger partial charge >= 0.3 is 0 Å². The van der Waals surface area contributed by atoms with Crippen molar-refractivity contribution in [3.8, 4) is 11.3 Å². The number of para-hydroxylation sites is 1. The van der Waals surface area contributed by atoms with E-state index in [9.17, 15) is 0 Å². The van der Waals surface area contributed by atoms with Crippen molar-refractivity contribution in [3.63, 3.8) is 0 Å². The fourth-order valence-electron chi connectivity index (χ4n) is 3.37. The van der Waals surface area contributed by atoms with E-state index in [1.165, 1.54) is 24.8 Å². The van der Waals surface area contributed by atoms with Crippen LogP contribution in [0.5, 0.6) is 0 Å². The maximum atomic E-state index is 6.16. The third-order valence-electron chi connectivity index (χ3n) is 4.64. The molecular weight excluding hydrogens is 292 g/mol. The van der Waals surface area contributed by atoms with Crippen LogP contribution in [-0.2, 0) is 6.42 Å². The first kappa shape index (κ1) is 14.0. The summed E-state index contributed by atoms with van der Waals surface area (Å²) >= 11 is 1.62. The van der Waals surface area contributed by atoms with E-state index < -0.39 is 0 Å². The summed E-state index contributed by atoms with van der Waals surface area (Å²) in [6.45, 7) is 4.64. The highest BCUT2D eigenvalue weighted by Crippen LogP contribution is 2.31. The molecule has 1 saturated heterocycles. The summed E-state index contributed by atoms with van der Waals surface area (Å²) in [5.41, 5.74) is 4.94. The molecule has 0 radical (unpaired) electrons. The molecule has 0 aliphatic carbocycles. The van der Waals surface area contributed by atoms with Gasteiger partial charge in [0.2, 0.25) is 0 Å². The number of nitrogens with zero attached hydrogens (tertiary/aromatic N) is 2. The van der Waals surface area contributed by atoms with E-state index in [4.69, 9.17) is 4.42 Å². The van der Waals surface area contributed by atoms with Gasteiger partial charge in [0, 0.05) is 35.3 Å². The lowest BCUT2D eigenvalue weighted by Gasteiger charge is -2.19. The third kappa shape index (κ3) is 2.57. The normalized spacial score (nSPS) is 19.2. The highest BCUT2D eigenvalue weighted by molar-refractivity contribution is 7.07. The Hall–Kier alpha value is -1.65. The first-order chi connectivity index (χ1) is 10.8. The molecule has 3 aromatic rings. The third-order valence-corrected chi connectivity index (χ3v) is 5.23. The quantitative estimate of drug-likeness (QED) is 0.706. The highest BCUT2D eigenvalue weighted by Gasteiger charge is 2.20. The monoisotopic (exact) mass is 312 g/mol. The summed E-state index contributed by atoms with van der Waals surface area (Å²) in [5.74, 6) is 1.08. The largest absolute Gasteiger partial charge is 0.460 e. The van der Waals surface area contributed by atoms with Crippen molar-refractivity contribution in [2.24, 2.45) is 0 Å². The first-order valence-corrected chi connectivity index (χ1v) is 8.89. The summed E-state index contributed by atoms with van der Waals surface area (Å²) in [6.07, 6.45) is 3.64. The summed E-state index contributed by atoms with van der Waals surface area (Å²) in [6, 6.07) is 9.20. The zero-order valence-corrected chi connectivity index (χ0v) is 13.6. The molecule has 1 atom stereocenters. The fraction of sp³-hybridized carbons (Fsp3) is 0.389. The Bertz CT molecular complexity index is 763. The summed E-state index contributed by atoms with van der Waals surface area (Å²) in [4.78, 5) is 6.98.